The monoisotopic (exact) mass is 558 g/mol. The first-order valence-corrected chi connectivity index (χ1v) is 16.1. The van der Waals surface area contributed by atoms with Crippen molar-refractivity contribution in [3.05, 3.63) is 53.6 Å². The van der Waals surface area contributed by atoms with Crippen LogP contribution in [-0.2, 0) is 4.79 Å². The van der Waals surface area contributed by atoms with Crippen LogP contribution in [0.3, 0.4) is 0 Å². The van der Waals surface area contributed by atoms with Crippen LogP contribution >= 0.6 is 0 Å². The van der Waals surface area contributed by atoms with Crippen LogP contribution in [0.1, 0.15) is 115 Å². The Morgan fingerprint density at radius 2 is 1.51 bits per heavy atom. The van der Waals surface area contributed by atoms with Gasteiger partial charge in [0.1, 0.15) is 0 Å². The Balaban J connectivity index is 1.37. The van der Waals surface area contributed by atoms with Gasteiger partial charge in [-0.25, -0.2) is 4.79 Å². The fourth-order valence-electron chi connectivity index (χ4n) is 12.4. The molecule has 5 aliphatic rings. The molecule has 1 aromatic carbocycles. The van der Waals surface area contributed by atoms with Crippen LogP contribution < -0.4 is 0 Å². The minimum Gasteiger partial charge on any atom is -0.481 e. The second-order valence-corrected chi connectivity index (χ2v) is 16.1. The Morgan fingerprint density at radius 3 is 2.12 bits per heavy atom. The molecule has 5 aliphatic carbocycles. The summed E-state index contributed by atoms with van der Waals surface area (Å²) in [5, 5.41) is 20.0. The lowest BCUT2D eigenvalue weighted by Crippen LogP contribution is -2.65. The van der Waals surface area contributed by atoms with Gasteiger partial charge in [0.2, 0.25) is 0 Å². The lowest BCUT2D eigenvalue weighted by Gasteiger charge is -2.72. The van der Waals surface area contributed by atoms with E-state index in [9.17, 15) is 19.8 Å². The lowest BCUT2D eigenvalue weighted by atomic mass is 9.32. The van der Waals surface area contributed by atoms with Gasteiger partial charge in [0, 0.05) is 0 Å². The van der Waals surface area contributed by atoms with Gasteiger partial charge in [-0.05, 0) is 139 Å². The minimum atomic E-state index is -0.882. The summed E-state index contributed by atoms with van der Waals surface area (Å²) >= 11 is 0. The fraction of sp³-hybridized carbons (Fsp3) is 0.676. The molecule has 2 N–H and O–H groups in total. The summed E-state index contributed by atoms with van der Waals surface area (Å²) in [4.78, 5) is 24.4. The molecule has 4 saturated carbocycles. The Bertz CT molecular complexity index is 1320. The standard InChI is InChI=1S/C37H50O4/c1-22(2)25-14-19-37(32(40)41)21-20-35(6)27(30(25)37)12-13-29-34(5)17-15-26(23-8-10-24(11-9-23)31(38)39)33(3,4)28(34)16-18-36(29,35)7/h8-11,15,25,27-30H,1,12-14,16-21H2,2-7H3,(H,38,39)(H,40,41)/t25-,27+,28-,29?,30+,34-,35+,36+,37-/m0/s1. The number of aromatic carboxylic acids is 1. The number of fused-ring (bicyclic) bond motifs is 7. The topological polar surface area (TPSA) is 74.6 Å². The zero-order valence-corrected chi connectivity index (χ0v) is 26.1. The molecule has 1 unspecified atom stereocenters. The van der Waals surface area contributed by atoms with Crippen LogP contribution in [0.25, 0.3) is 5.57 Å². The smallest absolute Gasteiger partial charge is 0.335 e. The predicted octanol–water partition coefficient (Wildman–Crippen LogP) is 9.12. The van der Waals surface area contributed by atoms with Crippen molar-refractivity contribution in [1.29, 1.82) is 0 Å². The molecule has 4 nitrogen and oxygen atoms in total. The van der Waals surface area contributed by atoms with E-state index in [1.54, 1.807) is 12.1 Å². The molecule has 0 radical (unpaired) electrons. The van der Waals surface area contributed by atoms with Gasteiger partial charge >= 0.3 is 11.9 Å². The van der Waals surface area contributed by atoms with E-state index in [-0.39, 0.29) is 27.6 Å². The van der Waals surface area contributed by atoms with E-state index in [4.69, 9.17) is 0 Å². The molecule has 222 valence electrons. The number of benzene rings is 1. The molecule has 0 amide bonds. The molecule has 9 atom stereocenters. The average Bonchev–Trinajstić information content (AvgIpc) is 3.30. The number of carboxylic acids is 2. The highest BCUT2D eigenvalue weighted by Gasteiger charge is 2.71. The van der Waals surface area contributed by atoms with E-state index in [0.717, 1.165) is 44.1 Å². The third-order valence-corrected chi connectivity index (χ3v) is 14.5. The number of hydrogen-bond acceptors (Lipinski definition) is 2. The summed E-state index contributed by atoms with van der Waals surface area (Å²) in [6, 6.07) is 7.47. The second-order valence-electron chi connectivity index (χ2n) is 16.1. The van der Waals surface area contributed by atoms with Crippen molar-refractivity contribution in [3.8, 4) is 0 Å². The van der Waals surface area contributed by atoms with Crippen molar-refractivity contribution in [2.24, 2.45) is 56.7 Å². The molecule has 4 fully saturated rings. The largest absolute Gasteiger partial charge is 0.481 e. The maximum Gasteiger partial charge on any atom is 0.335 e. The van der Waals surface area contributed by atoms with Crippen molar-refractivity contribution < 1.29 is 19.8 Å². The predicted molar refractivity (Wildman–Crippen MR) is 163 cm³/mol. The van der Waals surface area contributed by atoms with Gasteiger partial charge in [0.05, 0.1) is 11.0 Å². The second kappa shape index (κ2) is 9.07. The highest BCUT2D eigenvalue weighted by molar-refractivity contribution is 5.88. The molecule has 4 heteroatoms. The van der Waals surface area contributed by atoms with E-state index < -0.39 is 17.4 Å². The first-order chi connectivity index (χ1) is 19.1. The summed E-state index contributed by atoms with van der Waals surface area (Å²) < 4.78 is 0. The third-order valence-electron chi connectivity index (χ3n) is 14.5. The molecule has 0 heterocycles. The minimum absolute atomic E-state index is 0.0155. The maximum absolute atomic E-state index is 12.9. The molecular weight excluding hydrogens is 508 g/mol. The Morgan fingerprint density at radius 1 is 0.829 bits per heavy atom. The van der Waals surface area contributed by atoms with E-state index >= 15 is 0 Å². The van der Waals surface area contributed by atoms with Crippen molar-refractivity contribution in [2.45, 2.75) is 99.3 Å². The molecule has 6 rings (SSSR count). The first-order valence-electron chi connectivity index (χ1n) is 16.1. The maximum atomic E-state index is 12.9. The molecular formula is C37H50O4. The molecule has 0 saturated heterocycles. The highest BCUT2D eigenvalue weighted by atomic mass is 16.4. The summed E-state index contributed by atoms with van der Waals surface area (Å²) in [5.74, 6) is 0.684. The van der Waals surface area contributed by atoms with Gasteiger partial charge in [0.25, 0.3) is 0 Å². The zero-order chi connectivity index (χ0) is 29.8. The Kier molecular flexibility index (Phi) is 6.36. The SMILES string of the molecule is C=C(C)[C@@H]1CC[C@]2(C(=O)O)CC[C@]3(C)[C@H](CCC4[C@@]5(C)CC=C(c6ccc(C(=O)O)cc6)C(C)(C)[C@@H]5CC[C@]43C)[C@@H]12. The number of allylic oxidation sites excluding steroid dienone is 3. The highest BCUT2D eigenvalue weighted by Crippen LogP contribution is 2.77. The average molecular weight is 559 g/mol. The quantitative estimate of drug-likeness (QED) is 0.361. The van der Waals surface area contributed by atoms with Crippen LogP contribution in [0.4, 0.5) is 0 Å². The van der Waals surface area contributed by atoms with Crippen LogP contribution in [-0.4, -0.2) is 22.2 Å². The third kappa shape index (κ3) is 3.64. The Labute approximate surface area is 246 Å². The number of hydrogen-bond donors (Lipinski definition) is 2. The zero-order valence-electron chi connectivity index (χ0n) is 26.1. The summed E-state index contributed by atoms with van der Waals surface area (Å²) in [6.07, 6.45) is 11.9. The number of rotatable bonds is 4. The van der Waals surface area contributed by atoms with Crippen molar-refractivity contribution in [1.82, 2.24) is 0 Å². The summed E-state index contributed by atoms with van der Waals surface area (Å²) in [7, 11) is 0. The van der Waals surface area contributed by atoms with E-state index in [1.165, 1.54) is 30.4 Å². The van der Waals surface area contributed by atoms with Crippen LogP contribution in [0.5, 0.6) is 0 Å². The van der Waals surface area contributed by atoms with Gasteiger partial charge in [0.15, 0.2) is 0 Å². The van der Waals surface area contributed by atoms with Crippen LogP contribution in [0, 0.1) is 56.7 Å². The Hall–Kier alpha value is -2.36. The normalized spacial score (nSPS) is 44.4. The van der Waals surface area contributed by atoms with Crippen molar-refractivity contribution in [3.63, 3.8) is 0 Å². The molecule has 41 heavy (non-hydrogen) atoms. The van der Waals surface area contributed by atoms with E-state index in [1.807, 2.05) is 12.1 Å². The molecule has 0 spiro atoms. The van der Waals surface area contributed by atoms with E-state index in [2.05, 4.69) is 54.2 Å². The fourth-order valence-corrected chi connectivity index (χ4v) is 12.4. The number of carboxylic acid groups (broad SMARTS) is 2. The molecule has 1 aromatic rings. The van der Waals surface area contributed by atoms with Crippen molar-refractivity contribution in [2.75, 3.05) is 0 Å². The lowest BCUT2D eigenvalue weighted by molar-refractivity contribution is -0.227. The molecule has 0 aliphatic heterocycles. The molecule has 0 aromatic heterocycles. The van der Waals surface area contributed by atoms with Gasteiger partial charge in [-0.2, -0.15) is 0 Å². The van der Waals surface area contributed by atoms with Gasteiger partial charge in [-0.3, -0.25) is 4.79 Å². The van der Waals surface area contributed by atoms with E-state index in [0.29, 0.717) is 29.2 Å². The number of carbonyl (C=O) groups is 2. The first kappa shape index (κ1) is 28.7. The number of aliphatic carboxylic acids is 1. The van der Waals surface area contributed by atoms with Crippen molar-refractivity contribution >= 4 is 17.5 Å². The molecule has 0 bridgehead atoms. The van der Waals surface area contributed by atoms with Gasteiger partial charge in [-0.1, -0.05) is 65.0 Å². The van der Waals surface area contributed by atoms with Gasteiger partial charge < -0.3 is 10.2 Å². The van der Waals surface area contributed by atoms with Gasteiger partial charge in [-0.15, -0.1) is 0 Å². The summed E-state index contributed by atoms with van der Waals surface area (Å²) in [5.41, 5.74) is 3.94. The summed E-state index contributed by atoms with van der Waals surface area (Å²) in [6.45, 7) is 19.1. The van der Waals surface area contributed by atoms with Crippen LogP contribution in [0.15, 0.2) is 42.5 Å². The van der Waals surface area contributed by atoms with Crippen LogP contribution in [0.2, 0.25) is 0 Å².